The third-order valence-corrected chi connectivity index (χ3v) is 9.48. The summed E-state index contributed by atoms with van der Waals surface area (Å²) >= 11 is 2.56. The Bertz CT molecular complexity index is 982. The first kappa shape index (κ1) is 19.9. The topological polar surface area (TPSA) is 97.8 Å². The van der Waals surface area contributed by atoms with E-state index < -0.39 is 15.8 Å². The lowest BCUT2D eigenvalue weighted by Crippen LogP contribution is -2.47. The minimum Gasteiger partial charge on any atom is -0.347 e. The Morgan fingerprint density at radius 3 is 2.54 bits per heavy atom. The van der Waals surface area contributed by atoms with Crippen molar-refractivity contribution in [1.82, 2.24) is 9.29 Å². The number of aromatic nitrogens is 1. The molecule has 1 N–H and O–H groups in total. The van der Waals surface area contributed by atoms with Crippen molar-refractivity contribution in [3.63, 3.8) is 0 Å². The summed E-state index contributed by atoms with van der Waals surface area (Å²) in [6, 6.07) is 3.43. The van der Waals surface area contributed by atoms with Crippen LogP contribution in [0.4, 0.5) is 5.13 Å². The van der Waals surface area contributed by atoms with Crippen LogP contribution in [0.25, 0.3) is 9.75 Å². The van der Waals surface area contributed by atoms with Crippen molar-refractivity contribution in [2.24, 2.45) is 0 Å². The Morgan fingerprint density at radius 2 is 1.89 bits per heavy atom. The van der Waals surface area contributed by atoms with Crippen molar-refractivity contribution < 1.29 is 22.7 Å². The third-order valence-electron chi connectivity index (χ3n) is 4.78. The van der Waals surface area contributed by atoms with Gasteiger partial charge < -0.3 is 14.8 Å². The molecule has 4 rings (SSSR count). The maximum absolute atomic E-state index is 13.1. The number of rotatable bonds is 4. The van der Waals surface area contributed by atoms with Gasteiger partial charge in [-0.05, 0) is 19.1 Å². The average molecular weight is 444 g/mol. The van der Waals surface area contributed by atoms with E-state index in [0.717, 1.165) is 15.4 Å². The number of hydrogen-bond acceptors (Lipinski definition) is 8. The zero-order chi connectivity index (χ0) is 19.9. The van der Waals surface area contributed by atoms with Gasteiger partial charge >= 0.3 is 0 Å². The number of carbonyl (C=O) groups excluding carboxylic acids is 1. The molecule has 0 unspecified atom stereocenters. The Labute approximate surface area is 171 Å². The molecule has 4 heterocycles. The molecule has 0 saturated carbocycles. The molecule has 1 amide bonds. The average Bonchev–Trinajstić information content (AvgIpc) is 3.36. The normalized spacial score (nSPS) is 19.9. The van der Waals surface area contributed by atoms with Crippen molar-refractivity contribution in [3.8, 4) is 9.75 Å². The fourth-order valence-corrected chi connectivity index (χ4v) is 7.47. The van der Waals surface area contributed by atoms with Crippen LogP contribution in [-0.4, -0.2) is 55.7 Å². The van der Waals surface area contributed by atoms with E-state index in [0.29, 0.717) is 48.5 Å². The number of aryl methyl sites for hydroxylation is 1. The first-order chi connectivity index (χ1) is 13.3. The first-order valence-electron chi connectivity index (χ1n) is 8.92. The fourth-order valence-electron chi connectivity index (χ4n) is 3.39. The van der Waals surface area contributed by atoms with E-state index in [1.807, 2.05) is 6.92 Å². The second-order valence-electron chi connectivity index (χ2n) is 6.75. The van der Waals surface area contributed by atoms with Gasteiger partial charge in [0, 0.05) is 37.7 Å². The van der Waals surface area contributed by atoms with Gasteiger partial charge in [-0.1, -0.05) is 11.3 Å². The number of amides is 1. The number of hydrogen-bond donors (Lipinski definition) is 1. The van der Waals surface area contributed by atoms with Crippen LogP contribution in [0, 0.1) is 6.92 Å². The summed E-state index contributed by atoms with van der Waals surface area (Å²) < 4.78 is 39.3. The van der Waals surface area contributed by atoms with Crippen LogP contribution >= 0.6 is 22.7 Å². The lowest BCUT2D eigenvalue weighted by molar-refractivity contribution is -0.179. The summed E-state index contributed by atoms with van der Waals surface area (Å²) in [5, 5.41) is 3.18. The Morgan fingerprint density at radius 1 is 1.21 bits per heavy atom. The van der Waals surface area contributed by atoms with Crippen LogP contribution < -0.4 is 5.32 Å². The molecule has 0 bridgehead atoms. The highest BCUT2D eigenvalue weighted by atomic mass is 32.2. The van der Waals surface area contributed by atoms with E-state index in [4.69, 9.17) is 9.47 Å². The number of thiazole rings is 1. The number of anilines is 1. The van der Waals surface area contributed by atoms with E-state index in [1.165, 1.54) is 33.9 Å². The van der Waals surface area contributed by atoms with Gasteiger partial charge in [-0.2, -0.15) is 4.31 Å². The largest absolute Gasteiger partial charge is 0.347 e. The second kappa shape index (κ2) is 7.47. The molecular formula is C17H21N3O5S3. The summed E-state index contributed by atoms with van der Waals surface area (Å²) in [6.45, 7) is 5.16. The SMILES string of the molecule is CC(=O)Nc1nc(C)c(-c2ccc(S(=O)(=O)N3CCC4(CC3)OCCO4)s2)s1. The van der Waals surface area contributed by atoms with Crippen molar-refractivity contribution in [3.05, 3.63) is 17.8 Å². The molecule has 1 spiro atoms. The number of sulfonamides is 1. The molecule has 2 aromatic heterocycles. The minimum absolute atomic E-state index is 0.187. The van der Waals surface area contributed by atoms with Crippen molar-refractivity contribution in [1.29, 1.82) is 0 Å². The van der Waals surface area contributed by atoms with E-state index in [-0.39, 0.29) is 5.91 Å². The quantitative estimate of drug-likeness (QED) is 0.780. The van der Waals surface area contributed by atoms with Gasteiger partial charge in [0.15, 0.2) is 10.9 Å². The molecule has 2 fully saturated rings. The predicted octanol–water partition coefficient (Wildman–Crippen LogP) is 2.67. The molecular weight excluding hydrogens is 422 g/mol. The van der Waals surface area contributed by atoms with Crippen molar-refractivity contribution in [2.45, 2.75) is 36.7 Å². The summed E-state index contributed by atoms with van der Waals surface area (Å²) in [7, 11) is -3.57. The minimum atomic E-state index is -3.57. The molecule has 28 heavy (non-hydrogen) atoms. The van der Waals surface area contributed by atoms with Crippen LogP contribution in [-0.2, 0) is 24.3 Å². The summed E-state index contributed by atoms with van der Waals surface area (Å²) in [5.74, 6) is -0.792. The third kappa shape index (κ3) is 3.74. The van der Waals surface area contributed by atoms with Gasteiger partial charge in [-0.3, -0.25) is 4.79 Å². The number of thiophene rings is 1. The number of piperidine rings is 1. The Kier molecular flexibility index (Phi) is 5.31. The number of ether oxygens (including phenoxy) is 2. The van der Waals surface area contributed by atoms with Gasteiger partial charge in [0.1, 0.15) is 4.21 Å². The smallest absolute Gasteiger partial charge is 0.252 e. The van der Waals surface area contributed by atoms with E-state index in [1.54, 1.807) is 12.1 Å². The van der Waals surface area contributed by atoms with E-state index in [9.17, 15) is 13.2 Å². The van der Waals surface area contributed by atoms with Crippen LogP contribution in [0.2, 0.25) is 0 Å². The highest BCUT2D eigenvalue weighted by Gasteiger charge is 2.43. The van der Waals surface area contributed by atoms with Gasteiger partial charge in [0.25, 0.3) is 10.0 Å². The molecule has 0 radical (unpaired) electrons. The van der Waals surface area contributed by atoms with Crippen molar-refractivity contribution >= 4 is 43.7 Å². The summed E-state index contributed by atoms with van der Waals surface area (Å²) in [4.78, 5) is 17.2. The van der Waals surface area contributed by atoms with Crippen molar-refractivity contribution in [2.75, 3.05) is 31.6 Å². The van der Waals surface area contributed by atoms with E-state index >= 15 is 0 Å². The number of nitrogens with zero attached hydrogens (tertiary/aromatic N) is 2. The predicted molar refractivity (Wildman–Crippen MR) is 107 cm³/mol. The van der Waals surface area contributed by atoms with E-state index in [2.05, 4.69) is 10.3 Å². The van der Waals surface area contributed by atoms with Crippen LogP contribution in [0.5, 0.6) is 0 Å². The molecule has 0 aliphatic carbocycles. The van der Waals surface area contributed by atoms with Gasteiger partial charge in [-0.25, -0.2) is 13.4 Å². The second-order valence-corrected chi connectivity index (χ2v) is 11.0. The highest BCUT2D eigenvalue weighted by Crippen LogP contribution is 2.40. The maximum Gasteiger partial charge on any atom is 0.252 e. The summed E-state index contributed by atoms with van der Waals surface area (Å²) in [5.41, 5.74) is 0.759. The standard InChI is InChI=1S/C17H21N3O5S3/c1-11-15(27-16(18-11)19-12(2)21)13-3-4-14(26-13)28(22,23)20-7-5-17(6-8-20)24-9-10-25-17/h3-4H,5-10H2,1-2H3,(H,18,19,21). The molecule has 8 nitrogen and oxygen atoms in total. The molecule has 0 aromatic carbocycles. The monoisotopic (exact) mass is 443 g/mol. The number of nitrogens with one attached hydrogen (secondary N) is 1. The Hall–Kier alpha value is -1.37. The van der Waals surface area contributed by atoms with Gasteiger partial charge in [0.05, 0.1) is 23.8 Å². The zero-order valence-corrected chi connectivity index (χ0v) is 18.0. The van der Waals surface area contributed by atoms with Crippen LogP contribution in [0.3, 0.4) is 0 Å². The lowest BCUT2D eigenvalue weighted by atomic mass is 10.1. The first-order valence-corrected chi connectivity index (χ1v) is 12.0. The molecule has 11 heteroatoms. The lowest BCUT2D eigenvalue weighted by Gasteiger charge is -2.36. The molecule has 0 atom stereocenters. The molecule has 2 aliphatic heterocycles. The highest BCUT2D eigenvalue weighted by molar-refractivity contribution is 7.91. The number of carbonyl (C=O) groups is 1. The summed E-state index contributed by atoms with van der Waals surface area (Å²) in [6.07, 6.45) is 1.08. The fraction of sp³-hybridized carbons (Fsp3) is 0.529. The Balaban J connectivity index is 1.52. The molecule has 2 aromatic rings. The molecule has 2 aliphatic rings. The van der Waals surface area contributed by atoms with Crippen LogP contribution in [0.1, 0.15) is 25.5 Å². The zero-order valence-electron chi connectivity index (χ0n) is 15.6. The van der Waals surface area contributed by atoms with Crippen LogP contribution in [0.15, 0.2) is 16.3 Å². The molecule has 2 saturated heterocycles. The molecule has 152 valence electrons. The maximum atomic E-state index is 13.1. The van der Waals surface area contributed by atoms with Gasteiger partial charge in [-0.15, -0.1) is 11.3 Å². The van der Waals surface area contributed by atoms with Gasteiger partial charge in [0.2, 0.25) is 5.91 Å².